The molecule has 29 heavy (non-hydrogen) atoms. The van der Waals surface area contributed by atoms with Crippen LogP contribution >= 0.6 is 0 Å². The summed E-state index contributed by atoms with van der Waals surface area (Å²) in [7, 11) is 1.61. The molecule has 3 aromatic rings. The van der Waals surface area contributed by atoms with Crippen LogP contribution in [0.25, 0.3) is 11.0 Å². The maximum Gasteiger partial charge on any atom is 0.251 e. The van der Waals surface area contributed by atoms with E-state index >= 15 is 0 Å². The first-order valence-electron chi connectivity index (χ1n) is 10.2. The van der Waals surface area contributed by atoms with Crippen molar-refractivity contribution in [1.29, 1.82) is 0 Å². The number of piperidine rings is 1. The van der Waals surface area contributed by atoms with Crippen molar-refractivity contribution in [2.24, 2.45) is 0 Å². The van der Waals surface area contributed by atoms with Crippen LogP contribution in [0.4, 0.5) is 5.95 Å². The molecular weight excluding hydrogens is 364 g/mol. The van der Waals surface area contributed by atoms with Gasteiger partial charge in [-0.05, 0) is 57.0 Å². The van der Waals surface area contributed by atoms with E-state index in [0.29, 0.717) is 17.4 Å². The maximum absolute atomic E-state index is 12.6. The molecule has 1 aliphatic rings. The molecular formula is C23H28N4O2. The van der Waals surface area contributed by atoms with Crippen LogP contribution in [0.1, 0.15) is 43.1 Å². The highest BCUT2D eigenvalue weighted by Gasteiger charge is 2.25. The van der Waals surface area contributed by atoms with Crippen LogP contribution in [0.3, 0.4) is 0 Å². The summed E-state index contributed by atoms with van der Waals surface area (Å²) < 4.78 is 7.53. The molecule has 6 heteroatoms. The number of carbonyl (C=O) groups excluding carboxylic acids is 1. The lowest BCUT2D eigenvalue weighted by atomic mass is 10.0. The average Bonchev–Trinajstić information content (AvgIpc) is 3.14. The normalized spacial score (nSPS) is 15.1. The summed E-state index contributed by atoms with van der Waals surface area (Å²) in [5.41, 5.74) is 2.84. The zero-order chi connectivity index (χ0) is 20.4. The van der Waals surface area contributed by atoms with E-state index in [-0.39, 0.29) is 11.9 Å². The molecule has 0 unspecified atom stereocenters. The van der Waals surface area contributed by atoms with Gasteiger partial charge in [0.2, 0.25) is 5.95 Å². The number of nitrogens with one attached hydrogen (secondary N) is 1. The zero-order valence-electron chi connectivity index (χ0n) is 17.3. The Labute approximate surface area is 171 Å². The monoisotopic (exact) mass is 392 g/mol. The van der Waals surface area contributed by atoms with Gasteiger partial charge in [0.15, 0.2) is 0 Å². The number of hydrogen-bond donors (Lipinski definition) is 1. The number of fused-ring (bicyclic) bond motifs is 1. The summed E-state index contributed by atoms with van der Waals surface area (Å²) in [6.07, 6.45) is 1.80. The predicted octanol–water partition coefficient (Wildman–Crippen LogP) is 4.02. The fourth-order valence-corrected chi connectivity index (χ4v) is 4.02. The van der Waals surface area contributed by atoms with Gasteiger partial charge in [-0.1, -0.05) is 18.2 Å². The molecule has 2 aromatic carbocycles. The van der Waals surface area contributed by atoms with E-state index in [1.54, 1.807) is 13.2 Å². The highest BCUT2D eigenvalue weighted by atomic mass is 16.5. The second-order valence-electron chi connectivity index (χ2n) is 7.83. The van der Waals surface area contributed by atoms with E-state index in [9.17, 15) is 4.79 Å². The van der Waals surface area contributed by atoms with Crippen LogP contribution in [0.5, 0.6) is 5.75 Å². The Morgan fingerprint density at radius 2 is 1.90 bits per heavy atom. The molecule has 1 aliphatic heterocycles. The minimum absolute atomic E-state index is 0.0447. The Morgan fingerprint density at radius 3 is 2.62 bits per heavy atom. The minimum atomic E-state index is -0.0447. The predicted molar refractivity (Wildman–Crippen MR) is 116 cm³/mol. The van der Waals surface area contributed by atoms with Crippen LogP contribution < -0.4 is 15.0 Å². The standard InChI is InChI=1S/C23H28N4O2/c1-16(2)27-21-10-5-4-9-20(21)25-23(27)26-13-11-18(12-14-26)24-22(28)17-7-6-8-19(15-17)29-3/h4-10,15-16,18H,11-14H2,1-3H3,(H,24,28). The van der Waals surface area contributed by atoms with Crippen LogP contribution in [0, 0.1) is 0 Å². The molecule has 1 amide bonds. The molecule has 0 aliphatic carbocycles. The van der Waals surface area contributed by atoms with Gasteiger partial charge in [0.25, 0.3) is 5.91 Å². The molecule has 4 rings (SSSR count). The lowest BCUT2D eigenvalue weighted by Crippen LogP contribution is -2.45. The number of para-hydroxylation sites is 2. The molecule has 0 bridgehead atoms. The number of amides is 1. The molecule has 1 aromatic heterocycles. The molecule has 0 radical (unpaired) electrons. The lowest BCUT2D eigenvalue weighted by Gasteiger charge is -2.34. The van der Waals surface area contributed by atoms with E-state index in [1.165, 1.54) is 5.52 Å². The number of benzene rings is 2. The number of ether oxygens (including phenoxy) is 1. The molecule has 6 nitrogen and oxygen atoms in total. The molecule has 0 saturated carbocycles. The van der Waals surface area contributed by atoms with E-state index in [1.807, 2.05) is 24.3 Å². The van der Waals surface area contributed by atoms with Crippen molar-refractivity contribution in [3.63, 3.8) is 0 Å². The second-order valence-corrected chi connectivity index (χ2v) is 7.83. The Bertz CT molecular complexity index is 1000. The van der Waals surface area contributed by atoms with Gasteiger partial charge in [0.05, 0.1) is 18.1 Å². The third-order valence-electron chi connectivity index (χ3n) is 5.54. The second kappa shape index (κ2) is 8.15. The third-order valence-corrected chi connectivity index (χ3v) is 5.54. The number of hydrogen-bond acceptors (Lipinski definition) is 4. The lowest BCUT2D eigenvalue weighted by molar-refractivity contribution is 0.0930. The van der Waals surface area contributed by atoms with Gasteiger partial charge in [-0.15, -0.1) is 0 Å². The summed E-state index contributed by atoms with van der Waals surface area (Å²) in [6, 6.07) is 16.1. The quantitative estimate of drug-likeness (QED) is 0.712. The van der Waals surface area contributed by atoms with Crippen molar-refractivity contribution in [3.8, 4) is 5.75 Å². The molecule has 0 spiro atoms. The van der Waals surface area contributed by atoms with Gasteiger partial charge < -0.3 is 19.5 Å². The first-order valence-corrected chi connectivity index (χ1v) is 10.2. The number of nitrogens with zero attached hydrogens (tertiary/aromatic N) is 3. The first-order chi connectivity index (χ1) is 14.1. The number of rotatable bonds is 5. The maximum atomic E-state index is 12.6. The number of anilines is 1. The van der Waals surface area contributed by atoms with Crippen molar-refractivity contribution in [3.05, 3.63) is 54.1 Å². The van der Waals surface area contributed by atoms with Crippen LogP contribution in [0.15, 0.2) is 48.5 Å². The van der Waals surface area contributed by atoms with E-state index in [2.05, 4.69) is 46.8 Å². The fraction of sp³-hybridized carbons (Fsp3) is 0.391. The summed E-state index contributed by atoms with van der Waals surface area (Å²) in [6.45, 7) is 6.13. The highest BCUT2D eigenvalue weighted by molar-refractivity contribution is 5.94. The number of imidazole rings is 1. The summed E-state index contributed by atoms with van der Waals surface area (Å²) >= 11 is 0. The number of methoxy groups -OCH3 is 1. The Balaban J connectivity index is 1.44. The smallest absolute Gasteiger partial charge is 0.251 e. The Hall–Kier alpha value is -3.02. The molecule has 1 N–H and O–H groups in total. The van der Waals surface area contributed by atoms with E-state index in [0.717, 1.165) is 37.4 Å². The Morgan fingerprint density at radius 1 is 1.14 bits per heavy atom. The van der Waals surface area contributed by atoms with Crippen molar-refractivity contribution in [1.82, 2.24) is 14.9 Å². The number of carbonyl (C=O) groups is 1. The zero-order valence-corrected chi connectivity index (χ0v) is 17.3. The van der Waals surface area contributed by atoms with E-state index in [4.69, 9.17) is 9.72 Å². The van der Waals surface area contributed by atoms with Crippen LogP contribution in [-0.4, -0.2) is 41.7 Å². The van der Waals surface area contributed by atoms with Crippen molar-refractivity contribution < 1.29 is 9.53 Å². The molecule has 1 saturated heterocycles. The van der Waals surface area contributed by atoms with Gasteiger partial charge in [0, 0.05) is 30.7 Å². The van der Waals surface area contributed by atoms with Gasteiger partial charge in [-0.25, -0.2) is 4.98 Å². The molecule has 0 atom stereocenters. The SMILES string of the molecule is COc1cccc(C(=O)NC2CCN(c3nc4ccccc4n3C(C)C)CC2)c1. The van der Waals surface area contributed by atoms with Gasteiger partial charge in [-0.2, -0.15) is 0 Å². The Kier molecular flexibility index (Phi) is 5.43. The largest absolute Gasteiger partial charge is 0.497 e. The van der Waals surface area contributed by atoms with Crippen molar-refractivity contribution in [2.75, 3.05) is 25.1 Å². The summed E-state index contributed by atoms with van der Waals surface area (Å²) in [5.74, 6) is 1.68. The minimum Gasteiger partial charge on any atom is -0.497 e. The number of aromatic nitrogens is 2. The van der Waals surface area contributed by atoms with Gasteiger partial charge >= 0.3 is 0 Å². The fourth-order valence-electron chi connectivity index (χ4n) is 4.02. The third kappa shape index (κ3) is 3.92. The highest BCUT2D eigenvalue weighted by Crippen LogP contribution is 2.28. The van der Waals surface area contributed by atoms with Crippen molar-refractivity contribution >= 4 is 22.9 Å². The molecule has 2 heterocycles. The molecule has 152 valence electrons. The van der Waals surface area contributed by atoms with E-state index < -0.39 is 0 Å². The van der Waals surface area contributed by atoms with Gasteiger partial charge in [-0.3, -0.25) is 4.79 Å². The van der Waals surface area contributed by atoms with Crippen LogP contribution in [-0.2, 0) is 0 Å². The summed E-state index contributed by atoms with van der Waals surface area (Å²) in [4.78, 5) is 19.8. The van der Waals surface area contributed by atoms with Crippen LogP contribution in [0.2, 0.25) is 0 Å². The summed E-state index contributed by atoms with van der Waals surface area (Å²) in [5, 5.41) is 3.17. The molecule has 1 fully saturated rings. The van der Waals surface area contributed by atoms with Gasteiger partial charge in [0.1, 0.15) is 5.75 Å². The van der Waals surface area contributed by atoms with Crippen molar-refractivity contribution in [2.45, 2.75) is 38.8 Å². The average molecular weight is 393 g/mol. The topological polar surface area (TPSA) is 59.4 Å². The first kappa shape index (κ1) is 19.3.